The first kappa shape index (κ1) is 60.3. The average Bonchev–Trinajstić information content (AvgIpc) is 3.27. The number of carbonyl (C=O) groups excluding carboxylic acids is 2. The van der Waals surface area contributed by atoms with E-state index in [1.165, 1.54) is 225 Å². The Balaban J connectivity index is 3.41. The molecule has 2 unspecified atom stereocenters. The van der Waals surface area contributed by atoms with Gasteiger partial charge in [-0.25, -0.2) is 0 Å². The molecule has 0 bridgehead atoms. The quantitative estimate of drug-likeness (QED) is 0.0321. The molecule has 0 aliphatic carbocycles. The summed E-state index contributed by atoms with van der Waals surface area (Å²) in [6.07, 6.45) is 61.9. The van der Waals surface area contributed by atoms with Crippen molar-refractivity contribution in [2.45, 2.75) is 309 Å². The number of amides is 1. The Morgan fingerprint density at radius 2 is 0.758 bits per heavy atom. The first-order chi connectivity index (χ1) is 30.5. The molecule has 0 fully saturated rings. The van der Waals surface area contributed by atoms with Crippen LogP contribution < -0.4 is 5.32 Å². The van der Waals surface area contributed by atoms with E-state index in [0.29, 0.717) is 19.4 Å². The van der Waals surface area contributed by atoms with Gasteiger partial charge in [-0.05, 0) is 57.8 Å². The fraction of sp³-hybridized carbons (Fsp3) is 0.893. The minimum atomic E-state index is -0.845. The van der Waals surface area contributed by atoms with Gasteiger partial charge in [0.05, 0.1) is 25.4 Å². The normalized spacial score (nSPS) is 12.8. The van der Waals surface area contributed by atoms with Crippen LogP contribution in [0.1, 0.15) is 296 Å². The Morgan fingerprint density at radius 1 is 0.435 bits per heavy atom. The minimum absolute atomic E-state index is 0.00110. The highest BCUT2D eigenvalue weighted by Gasteiger charge is 2.18. The molecule has 2 atom stereocenters. The highest BCUT2D eigenvalue weighted by Crippen LogP contribution is 2.16. The SMILES string of the molecule is CCCCCCCCC/C=C\CCCCCCCC(=O)OCCCCCCCCCCCCCCCCCCCCC(=O)NC(CO)C(O)/C=C/CCCCCCCCCCC. The molecule has 1 amide bonds. The van der Waals surface area contributed by atoms with Gasteiger partial charge in [-0.3, -0.25) is 9.59 Å². The molecular formula is C56H107NO5. The average molecular weight is 874 g/mol. The fourth-order valence-corrected chi connectivity index (χ4v) is 8.45. The van der Waals surface area contributed by atoms with Gasteiger partial charge in [0.1, 0.15) is 0 Å². The van der Waals surface area contributed by atoms with Crippen molar-refractivity contribution in [1.82, 2.24) is 5.32 Å². The van der Waals surface area contributed by atoms with Crippen LogP contribution in [0.15, 0.2) is 24.3 Å². The second kappa shape index (κ2) is 52.0. The zero-order chi connectivity index (χ0) is 45.1. The van der Waals surface area contributed by atoms with Gasteiger partial charge in [-0.2, -0.15) is 0 Å². The third-order valence-electron chi connectivity index (χ3n) is 12.7. The van der Waals surface area contributed by atoms with Crippen LogP contribution in [-0.2, 0) is 14.3 Å². The van der Waals surface area contributed by atoms with Gasteiger partial charge >= 0.3 is 5.97 Å². The van der Waals surface area contributed by atoms with Crippen LogP contribution in [0.2, 0.25) is 0 Å². The predicted molar refractivity (Wildman–Crippen MR) is 269 cm³/mol. The lowest BCUT2D eigenvalue weighted by Crippen LogP contribution is -2.45. The highest BCUT2D eigenvalue weighted by molar-refractivity contribution is 5.76. The molecule has 62 heavy (non-hydrogen) atoms. The number of rotatable bonds is 51. The molecule has 0 aromatic heterocycles. The van der Waals surface area contributed by atoms with Gasteiger partial charge in [0.15, 0.2) is 0 Å². The number of unbranched alkanes of at least 4 members (excludes halogenated alkanes) is 38. The number of esters is 1. The van der Waals surface area contributed by atoms with Crippen LogP contribution in [0.25, 0.3) is 0 Å². The summed E-state index contributed by atoms with van der Waals surface area (Å²) in [5.41, 5.74) is 0. The van der Waals surface area contributed by atoms with Gasteiger partial charge in [0.25, 0.3) is 0 Å². The molecule has 0 saturated heterocycles. The molecule has 0 heterocycles. The van der Waals surface area contributed by atoms with Gasteiger partial charge in [-0.1, -0.05) is 250 Å². The number of aliphatic hydroxyl groups excluding tert-OH is 2. The monoisotopic (exact) mass is 874 g/mol. The summed E-state index contributed by atoms with van der Waals surface area (Å²) >= 11 is 0. The molecule has 0 spiro atoms. The van der Waals surface area contributed by atoms with Crippen molar-refractivity contribution in [3.05, 3.63) is 24.3 Å². The number of hydrogen-bond donors (Lipinski definition) is 3. The van der Waals surface area contributed by atoms with E-state index in [2.05, 4.69) is 31.3 Å². The Hall–Kier alpha value is -1.66. The van der Waals surface area contributed by atoms with Crippen LogP contribution in [-0.4, -0.2) is 47.4 Å². The van der Waals surface area contributed by atoms with Crippen molar-refractivity contribution in [1.29, 1.82) is 0 Å². The second-order valence-electron chi connectivity index (χ2n) is 18.9. The summed E-state index contributed by atoms with van der Waals surface area (Å²) in [5.74, 6) is -0.0743. The lowest BCUT2D eigenvalue weighted by Gasteiger charge is -2.20. The van der Waals surface area contributed by atoms with Crippen LogP contribution in [0.3, 0.4) is 0 Å². The summed E-state index contributed by atoms with van der Waals surface area (Å²) in [7, 11) is 0. The molecule has 0 saturated carbocycles. The molecule has 6 heteroatoms. The summed E-state index contributed by atoms with van der Waals surface area (Å²) in [5, 5.41) is 23.0. The van der Waals surface area contributed by atoms with E-state index in [1.54, 1.807) is 6.08 Å². The molecular weight excluding hydrogens is 767 g/mol. The zero-order valence-electron chi connectivity index (χ0n) is 41.6. The van der Waals surface area contributed by atoms with Gasteiger partial charge in [0.2, 0.25) is 5.91 Å². The third-order valence-corrected chi connectivity index (χ3v) is 12.7. The smallest absolute Gasteiger partial charge is 0.305 e. The minimum Gasteiger partial charge on any atom is -0.466 e. The van der Waals surface area contributed by atoms with Crippen LogP contribution in [0.5, 0.6) is 0 Å². The van der Waals surface area contributed by atoms with Crippen LogP contribution in [0, 0.1) is 0 Å². The number of allylic oxidation sites excluding steroid dienone is 3. The Kier molecular flexibility index (Phi) is 50.6. The van der Waals surface area contributed by atoms with Gasteiger partial charge in [-0.15, -0.1) is 0 Å². The Bertz CT molecular complexity index is 966. The summed E-state index contributed by atoms with van der Waals surface area (Å²) in [6, 6.07) is -0.629. The van der Waals surface area contributed by atoms with Crippen LogP contribution in [0.4, 0.5) is 0 Å². The highest BCUT2D eigenvalue weighted by atomic mass is 16.5. The van der Waals surface area contributed by atoms with Crippen molar-refractivity contribution >= 4 is 11.9 Å². The maximum absolute atomic E-state index is 12.4. The molecule has 0 aromatic rings. The van der Waals surface area contributed by atoms with Gasteiger partial charge < -0.3 is 20.3 Å². The molecule has 366 valence electrons. The van der Waals surface area contributed by atoms with E-state index in [1.807, 2.05) is 6.08 Å². The number of carbonyl (C=O) groups is 2. The van der Waals surface area contributed by atoms with E-state index >= 15 is 0 Å². The fourth-order valence-electron chi connectivity index (χ4n) is 8.45. The number of ether oxygens (including phenoxy) is 1. The largest absolute Gasteiger partial charge is 0.466 e. The molecule has 0 aliphatic heterocycles. The lowest BCUT2D eigenvalue weighted by molar-refractivity contribution is -0.143. The Labute approximate surface area is 386 Å². The first-order valence-corrected chi connectivity index (χ1v) is 27.6. The standard InChI is InChI=1S/C56H107NO5/c1-3-5-7-9-11-13-15-16-17-23-26-30-34-38-42-46-50-56(61)62-51-47-43-39-35-31-27-24-21-19-18-20-22-25-29-33-37-41-45-49-55(60)57-53(52-58)54(59)48-44-40-36-32-28-14-12-10-8-6-4-2/h17,23,44,48,53-54,58-59H,3-16,18-22,24-43,45-47,49-52H2,1-2H3,(H,57,60)/b23-17-,48-44+. The topological polar surface area (TPSA) is 95.9 Å². The number of nitrogens with one attached hydrogen (secondary N) is 1. The molecule has 0 rings (SSSR count). The molecule has 0 aromatic carbocycles. The zero-order valence-corrected chi connectivity index (χ0v) is 41.6. The Morgan fingerprint density at radius 3 is 1.15 bits per heavy atom. The molecule has 0 aliphatic rings. The summed E-state index contributed by atoms with van der Waals surface area (Å²) in [6.45, 7) is 4.88. The maximum Gasteiger partial charge on any atom is 0.305 e. The van der Waals surface area contributed by atoms with E-state index in [4.69, 9.17) is 4.74 Å². The van der Waals surface area contributed by atoms with Gasteiger partial charge in [0, 0.05) is 12.8 Å². The molecule has 0 radical (unpaired) electrons. The predicted octanol–water partition coefficient (Wildman–Crippen LogP) is 16.7. The van der Waals surface area contributed by atoms with Crippen molar-refractivity contribution in [2.24, 2.45) is 0 Å². The van der Waals surface area contributed by atoms with E-state index in [9.17, 15) is 19.8 Å². The van der Waals surface area contributed by atoms with Crippen LogP contribution >= 0.6 is 0 Å². The van der Waals surface area contributed by atoms with E-state index < -0.39 is 12.1 Å². The van der Waals surface area contributed by atoms with Crippen molar-refractivity contribution in [2.75, 3.05) is 13.2 Å². The second-order valence-corrected chi connectivity index (χ2v) is 18.9. The van der Waals surface area contributed by atoms with E-state index in [-0.39, 0.29) is 18.5 Å². The number of aliphatic hydroxyl groups is 2. The first-order valence-electron chi connectivity index (χ1n) is 27.6. The van der Waals surface area contributed by atoms with Crippen molar-refractivity contribution < 1.29 is 24.5 Å². The molecule has 6 nitrogen and oxygen atoms in total. The summed E-state index contributed by atoms with van der Waals surface area (Å²) < 4.78 is 5.48. The third kappa shape index (κ3) is 47.8. The number of hydrogen-bond acceptors (Lipinski definition) is 5. The van der Waals surface area contributed by atoms with Crippen molar-refractivity contribution in [3.63, 3.8) is 0 Å². The maximum atomic E-state index is 12.4. The lowest BCUT2D eigenvalue weighted by atomic mass is 10.0. The molecule has 3 N–H and O–H groups in total. The van der Waals surface area contributed by atoms with E-state index in [0.717, 1.165) is 44.9 Å². The van der Waals surface area contributed by atoms with Crippen molar-refractivity contribution in [3.8, 4) is 0 Å². The summed E-state index contributed by atoms with van der Waals surface area (Å²) in [4.78, 5) is 24.4.